The van der Waals surface area contributed by atoms with Crippen molar-refractivity contribution in [2.24, 2.45) is 0 Å². The minimum atomic E-state index is -0.482. The first-order chi connectivity index (χ1) is 12.1. The van der Waals surface area contributed by atoms with Crippen molar-refractivity contribution >= 4 is 27.7 Å². The van der Waals surface area contributed by atoms with Crippen LogP contribution in [0.5, 0.6) is 5.75 Å². The molecule has 1 N–H and O–H groups in total. The number of amides is 1. The Labute approximate surface area is 152 Å². The van der Waals surface area contributed by atoms with Gasteiger partial charge < -0.3 is 10.1 Å². The first-order valence-corrected chi connectivity index (χ1v) is 8.30. The van der Waals surface area contributed by atoms with Crippen LogP contribution in [0.15, 0.2) is 71.3 Å². The van der Waals surface area contributed by atoms with Crippen molar-refractivity contribution in [1.82, 2.24) is 4.98 Å². The molecule has 0 aliphatic carbocycles. The topological polar surface area (TPSA) is 51.2 Å². The van der Waals surface area contributed by atoms with E-state index >= 15 is 0 Å². The number of carbonyl (C=O) groups is 1. The monoisotopic (exact) mass is 400 g/mol. The number of halogens is 2. The molecule has 3 rings (SSSR count). The summed E-state index contributed by atoms with van der Waals surface area (Å²) in [6, 6.07) is 17.8. The number of nitrogens with one attached hydrogen (secondary N) is 1. The number of ether oxygens (including phenoxy) is 1. The van der Waals surface area contributed by atoms with Crippen LogP contribution >= 0.6 is 15.9 Å². The fraction of sp³-hybridized carbons (Fsp3) is 0.0526. The standard InChI is InChI=1S/C19H14BrFN2O2/c20-17-10-15(21)11-22-18(17)23-19(24)14-6-8-16(9-7-14)25-12-13-4-2-1-3-5-13/h1-11H,12H2,(H,22,23,24). The molecule has 2 aromatic carbocycles. The normalized spacial score (nSPS) is 10.3. The number of pyridine rings is 1. The molecule has 0 saturated heterocycles. The summed E-state index contributed by atoms with van der Waals surface area (Å²) in [4.78, 5) is 16.1. The molecule has 3 aromatic rings. The molecule has 0 aliphatic heterocycles. The summed E-state index contributed by atoms with van der Waals surface area (Å²) in [6.07, 6.45) is 1.04. The van der Waals surface area contributed by atoms with Gasteiger partial charge in [-0.25, -0.2) is 9.37 Å². The molecule has 126 valence electrons. The predicted octanol–water partition coefficient (Wildman–Crippen LogP) is 4.81. The summed E-state index contributed by atoms with van der Waals surface area (Å²) in [7, 11) is 0. The lowest BCUT2D eigenvalue weighted by Crippen LogP contribution is -2.13. The summed E-state index contributed by atoms with van der Waals surface area (Å²) in [5.74, 6) is 0.108. The van der Waals surface area contributed by atoms with Gasteiger partial charge in [0, 0.05) is 5.56 Å². The Hall–Kier alpha value is -2.73. The average Bonchev–Trinajstić information content (AvgIpc) is 2.63. The molecule has 0 spiro atoms. The van der Waals surface area contributed by atoms with Gasteiger partial charge in [-0.3, -0.25) is 4.79 Å². The highest BCUT2D eigenvalue weighted by molar-refractivity contribution is 9.10. The number of carbonyl (C=O) groups excluding carboxylic acids is 1. The highest BCUT2D eigenvalue weighted by atomic mass is 79.9. The van der Waals surface area contributed by atoms with E-state index in [0.29, 0.717) is 22.4 Å². The summed E-state index contributed by atoms with van der Waals surface area (Å²) >= 11 is 3.17. The lowest BCUT2D eigenvalue weighted by atomic mass is 10.2. The Morgan fingerprint density at radius 3 is 2.52 bits per heavy atom. The SMILES string of the molecule is O=C(Nc1ncc(F)cc1Br)c1ccc(OCc2ccccc2)cc1. The van der Waals surface area contributed by atoms with Gasteiger partial charge in [-0.1, -0.05) is 30.3 Å². The summed E-state index contributed by atoms with van der Waals surface area (Å²) in [5, 5.41) is 2.63. The minimum Gasteiger partial charge on any atom is -0.489 e. The fourth-order valence-corrected chi connectivity index (χ4v) is 2.55. The highest BCUT2D eigenvalue weighted by Gasteiger charge is 2.10. The molecule has 4 nitrogen and oxygen atoms in total. The molecule has 0 saturated carbocycles. The third-order valence-corrected chi connectivity index (χ3v) is 4.01. The maximum Gasteiger partial charge on any atom is 0.256 e. The van der Waals surface area contributed by atoms with Crippen LogP contribution < -0.4 is 10.1 Å². The van der Waals surface area contributed by atoms with E-state index in [1.165, 1.54) is 6.07 Å². The summed E-state index contributed by atoms with van der Waals surface area (Å²) in [6.45, 7) is 0.457. The van der Waals surface area contributed by atoms with Crippen molar-refractivity contribution in [3.63, 3.8) is 0 Å². The molecule has 0 bridgehead atoms. The molecule has 0 unspecified atom stereocenters. The van der Waals surface area contributed by atoms with Crippen LogP contribution in [0.25, 0.3) is 0 Å². The Balaban J connectivity index is 1.62. The molecule has 0 aliphatic rings. The predicted molar refractivity (Wildman–Crippen MR) is 97.1 cm³/mol. The molecule has 1 aromatic heterocycles. The number of anilines is 1. The Bertz CT molecular complexity index is 870. The van der Waals surface area contributed by atoms with Crippen LogP contribution in [0.3, 0.4) is 0 Å². The highest BCUT2D eigenvalue weighted by Crippen LogP contribution is 2.21. The summed E-state index contributed by atoms with van der Waals surface area (Å²) < 4.78 is 19.1. The van der Waals surface area contributed by atoms with Crippen molar-refractivity contribution in [2.75, 3.05) is 5.32 Å². The van der Waals surface area contributed by atoms with Gasteiger partial charge in [0.1, 0.15) is 24.0 Å². The van der Waals surface area contributed by atoms with E-state index in [4.69, 9.17) is 4.74 Å². The van der Waals surface area contributed by atoms with Gasteiger partial charge in [0.05, 0.1) is 10.7 Å². The molecular weight excluding hydrogens is 387 g/mol. The Kier molecular flexibility index (Phi) is 5.40. The van der Waals surface area contributed by atoms with E-state index in [-0.39, 0.29) is 11.7 Å². The number of aromatic nitrogens is 1. The van der Waals surface area contributed by atoms with Gasteiger partial charge in [0.2, 0.25) is 0 Å². The van der Waals surface area contributed by atoms with Gasteiger partial charge in [-0.05, 0) is 51.8 Å². The van der Waals surface area contributed by atoms with E-state index in [1.54, 1.807) is 24.3 Å². The third kappa shape index (κ3) is 4.64. The molecule has 0 radical (unpaired) electrons. The van der Waals surface area contributed by atoms with Gasteiger partial charge in [-0.2, -0.15) is 0 Å². The molecule has 1 amide bonds. The van der Waals surface area contributed by atoms with Crippen LogP contribution in [0.1, 0.15) is 15.9 Å². The van der Waals surface area contributed by atoms with Crippen LogP contribution in [0.2, 0.25) is 0 Å². The van der Waals surface area contributed by atoms with E-state index in [2.05, 4.69) is 26.2 Å². The van der Waals surface area contributed by atoms with E-state index in [0.717, 1.165) is 11.8 Å². The van der Waals surface area contributed by atoms with E-state index in [1.807, 2.05) is 30.3 Å². The maximum absolute atomic E-state index is 13.0. The second kappa shape index (κ2) is 7.90. The lowest BCUT2D eigenvalue weighted by Gasteiger charge is -2.08. The van der Waals surface area contributed by atoms with Gasteiger partial charge >= 0.3 is 0 Å². The zero-order chi connectivity index (χ0) is 17.6. The first-order valence-electron chi connectivity index (χ1n) is 7.51. The summed E-state index contributed by atoms with van der Waals surface area (Å²) in [5.41, 5.74) is 1.52. The molecular formula is C19H14BrFN2O2. The molecule has 1 heterocycles. The number of hydrogen-bond acceptors (Lipinski definition) is 3. The van der Waals surface area contributed by atoms with Crippen molar-refractivity contribution < 1.29 is 13.9 Å². The smallest absolute Gasteiger partial charge is 0.256 e. The van der Waals surface area contributed by atoms with Crippen molar-refractivity contribution in [2.45, 2.75) is 6.61 Å². The lowest BCUT2D eigenvalue weighted by molar-refractivity contribution is 0.102. The Morgan fingerprint density at radius 2 is 1.84 bits per heavy atom. The Morgan fingerprint density at radius 1 is 1.12 bits per heavy atom. The van der Waals surface area contributed by atoms with Crippen LogP contribution in [-0.2, 0) is 6.61 Å². The number of benzene rings is 2. The zero-order valence-electron chi connectivity index (χ0n) is 13.1. The van der Waals surface area contributed by atoms with E-state index < -0.39 is 5.82 Å². The fourth-order valence-electron chi connectivity index (χ4n) is 2.13. The van der Waals surface area contributed by atoms with Crippen molar-refractivity contribution in [3.8, 4) is 5.75 Å². The van der Waals surface area contributed by atoms with Crippen LogP contribution in [-0.4, -0.2) is 10.9 Å². The quantitative estimate of drug-likeness (QED) is 0.668. The number of rotatable bonds is 5. The molecule has 6 heteroatoms. The molecule has 0 atom stereocenters. The molecule has 0 fully saturated rings. The minimum absolute atomic E-state index is 0.260. The first kappa shape index (κ1) is 17.1. The second-order valence-electron chi connectivity index (χ2n) is 5.24. The van der Waals surface area contributed by atoms with Crippen LogP contribution in [0.4, 0.5) is 10.2 Å². The third-order valence-electron chi connectivity index (χ3n) is 3.40. The van der Waals surface area contributed by atoms with Crippen molar-refractivity contribution in [1.29, 1.82) is 0 Å². The van der Waals surface area contributed by atoms with E-state index in [9.17, 15) is 9.18 Å². The maximum atomic E-state index is 13.0. The second-order valence-corrected chi connectivity index (χ2v) is 6.09. The largest absolute Gasteiger partial charge is 0.489 e. The number of nitrogens with zero attached hydrogens (tertiary/aromatic N) is 1. The van der Waals surface area contributed by atoms with Gasteiger partial charge in [0.25, 0.3) is 5.91 Å². The van der Waals surface area contributed by atoms with Gasteiger partial charge in [0.15, 0.2) is 0 Å². The zero-order valence-corrected chi connectivity index (χ0v) is 14.7. The van der Waals surface area contributed by atoms with Gasteiger partial charge in [-0.15, -0.1) is 0 Å². The number of hydrogen-bond donors (Lipinski definition) is 1. The molecule has 25 heavy (non-hydrogen) atoms. The average molecular weight is 401 g/mol. The van der Waals surface area contributed by atoms with Crippen molar-refractivity contribution in [3.05, 3.63) is 88.3 Å². The van der Waals surface area contributed by atoms with Crippen LogP contribution in [0, 0.1) is 5.82 Å².